The molecule has 0 aromatic rings. The predicted octanol–water partition coefficient (Wildman–Crippen LogP) is -0.675. The van der Waals surface area contributed by atoms with Gasteiger partial charge in [0.15, 0.2) is 0 Å². The highest BCUT2D eigenvalue weighted by Gasteiger charge is 2.37. The Bertz CT molecular complexity index is 383. The number of aliphatic hydroxyl groups excluding tert-OH is 4. The van der Waals surface area contributed by atoms with Gasteiger partial charge >= 0.3 is 11.9 Å². The molecule has 0 aliphatic rings. The highest BCUT2D eigenvalue weighted by molar-refractivity contribution is 5.77. The van der Waals surface area contributed by atoms with Crippen LogP contribution in [-0.2, 0) is 14.3 Å². The lowest BCUT2D eigenvalue weighted by molar-refractivity contribution is -0.158. The van der Waals surface area contributed by atoms with E-state index in [1.54, 1.807) is 0 Å². The number of carbonyl (C=O) groups is 2. The van der Waals surface area contributed by atoms with Crippen molar-refractivity contribution in [1.29, 1.82) is 0 Å². The Morgan fingerprint density at radius 1 is 0.913 bits per heavy atom. The molecule has 0 heterocycles. The summed E-state index contributed by atoms with van der Waals surface area (Å²) in [6.07, 6.45) is 3.09. The normalized spacial score (nSPS) is 11.0. The van der Waals surface area contributed by atoms with Gasteiger partial charge < -0.3 is 30.3 Å². The zero-order chi connectivity index (χ0) is 18.5. The first-order valence-electron chi connectivity index (χ1n) is 6.76. The maximum absolute atomic E-state index is 11.1. The molecule has 0 aromatic heterocycles. The summed E-state index contributed by atoms with van der Waals surface area (Å²) in [6, 6.07) is 0. The molecule has 0 radical (unpaired) electrons. The first-order chi connectivity index (χ1) is 10.8. The average Bonchev–Trinajstić information content (AvgIpc) is 2.57. The third-order valence-corrected chi connectivity index (χ3v) is 3.35. The standard InChI is InChI=1S/C8H14O4.C7H12O4/c1-3-4-8(5-9,6-10)7(11)12-2;1-2-3-7(4-8,5-9)6(10)11/h3,9-10H,1,4-6H2,2H3;2,8-9H,1,3-5H2,(H,10,11). The van der Waals surface area contributed by atoms with E-state index < -0.39 is 49.2 Å². The zero-order valence-corrected chi connectivity index (χ0v) is 13.3. The van der Waals surface area contributed by atoms with E-state index in [9.17, 15) is 9.59 Å². The van der Waals surface area contributed by atoms with Gasteiger partial charge in [-0.25, -0.2) is 0 Å². The minimum Gasteiger partial charge on any atom is -0.481 e. The van der Waals surface area contributed by atoms with Crippen molar-refractivity contribution in [2.45, 2.75) is 12.8 Å². The number of carbonyl (C=O) groups excluding carboxylic acids is 1. The zero-order valence-electron chi connectivity index (χ0n) is 13.3. The van der Waals surface area contributed by atoms with Crippen molar-refractivity contribution < 1.29 is 39.9 Å². The van der Waals surface area contributed by atoms with Gasteiger partial charge in [0.1, 0.15) is 10.8 Å². The molecule has 8 nitrogen and oxygen atoms in total. The van der Waals surface area contributed by atoms with E-state index in [1.165, 1.54) is 19.3 Å². The number of rotatable bonds is 10. The van der Waals surface area contributed by atoms with Gasteiger partial charge in [-0.1, -0.05) is 12.2 Å². The number of esters is 1. The number of carboxylic acid groups (broad SMARTS) is 1. The third-order valence-electron chi connectivity index (χ3n) is 3.35. The summed E-state index contributed by atoms with van der Waals surface area (Å²) in [5.41, 5.74) is -2.68. The van der Waals surface area contributed by atoms with Crippen LogP contribution in [0.2, 0.25) is 0 Å². The van der Waals surface area contributed by atoms with Crippen LogP contribution in [0, 0.1) is 10.8 Å². The van der Waals surface area contributed by atoms with Crippen LogP contribution < -0.4 is 0 Å². The van der Waals surface area contributed by atoms with Crippen LogP contribution in [-0.4, -0.2) is 71.0 Å². The van der Waals surface area contributed by atoms with Gasteiger partial charge in [0.2, 0.25) is 0 Å². The molecule has 23 heavy (non-hydrogen) atoms. The maximum atomic E-state index is 11.1. The van der Waals surface area contributed by atoms with E-state index in [0.717, 1.165) is 0 Å². The number of methoxy groups -OCH3 is 1. The first kappa shape index (κ1) is 23.5. The van der Waals surface area contributed by atoms with Crippen LogP contribution in [0.1, 0.15) is 12.8 Å². The monoisotopic (exact) mass is 334 g/mol. The second-order valence-corrected chi connectivity index (χ2v) is 4.98. The lowest BCUT2D eigenvalue weighted by atomic mass is 9.86. The number of carboxylic acids is 1. The summed E-state index contributed by atoms with van der Waals surface area (Å²) in [5.74, 6) is -1.82. The van der Waals surface area contributed by atoms with E-state index >= 15 is 0 Å². The van der Waals surface area contributed by atoms with Crippen molar-refractivity contribution in [1.82, 2.24) is 0 Å². The molecule has 0 spiro atoms. The van der Waals surface area contributed by atoms with Crippen molar-refractivity contribution in [3.8, 4) is 0 Å². The first-order valence-corrected chi connectivity index (χ1v) is 6.76. The largest absolute Gasteiger partial charge is 0.481 e. The Morgan fingerprint density at radius 2 is 1.26 bits per heavy atom. The lowest BCUT2D eigenvalue weighted by Crippen LogP contribution is -2.39. The van der Waals surface area contributed by atoms with Crippen molar-refractivity contribution in [3.63, 3.8) is 0 Å². The van der Waals surface area contributed by atoms with Gasteiger partial charge in [-0.05, 0) is 12.8 Å². The van der Waals surface area contributed by atoms with Gasteiger partial charge in [0, 0.05) is 0 Å². The molecular weight excluding hydrogens is 308 g/mol. The molecule has 0 saturated heterocycles. The second-order valence-electron chi connectivity index (χ2n) is 4.98. The lowest BCUT2D eigenvalue weighted by Gasteiger charge is -2.24. The minimum absolute atomic E-state index is 0.0648. The summed E-state index contributed by atoms with van der Waals surface area (Å²) in [6.45, 7) is 4.72. The summed E-state index contributed by atoms with van der Waals surface area (Å²) in [4.78, 5) is 21.6. The smallest absolute Gasteiger partial charge is 0.316 e. The van der Waals surface area contributed by atoms with Gasteiger partial charge in [0.05, 0.1) is 33.5 Å². The van der Waals surface area contributed by atoms with Gasteiger partial charge in [-0.15, -0.1) is 13.2 Å². The Hall–Kier alpha value is -1.74. The van der Waals surface area contributed by atoms with Crippen molar-refractivity contribution in [3.05, 3.63) is 25.3 Å². The highest BCUT2D eigenvalue weighted by Crippen LogP contribution is 2.23. The fraction of sp³-hybridized carbons (Fsp3) is 0.600. The van der Waals surface area contributed by atoms with Crippen molar-refractivity contribution in [2.75, 3.05) is 33.5 Å². The van der Waals surface area contributed by atoms with E-state index in [1.807, 2.05) is 0 Å². The molecule has 8 heteroatoms. The fourth-order valence-corrected chi connectivity index (χ4v) is 1.56. The Labute approximate surface area is 135 Å². The molecule has 0 amide bonds. The number of aliphatic carboxylic acids is 1. The molecular formula is C15H26O8. The average molecular weight is 334 g/mol. The number of ether oxygens (including phenoxy) is 1. The molecule has 5 N–H and O–H groups in total. The van der Waals surface area contributed by atoms with Crippen LogP contribution in [0.15, 0.2) is 25.3 Å². The number of hydrogen-bond acceptors (Lipinski definition) is 7. The molecule has 0 bridgehead atoms. The van der Waals surface area contributed by atoms with E-state index in [0.29, 0.717) is 0 Å². The molecule has 0 aromatic carbocycles. The quantitative estimate of drug-likeness (QED) is 0.261. The summed E-state index contributed by atoms with van der Waals surface area (Å²) < 4.78 is 4.44. The SMILES string of the molecule is C=CCC(CO)(CO)C(=O)O.C=CCC(CO)(CO)C(=O)OC. The molecule has 0 aliphatic heterocycles. The maximum Gasteiger partial charge on any atom is 0.316 e. The van der Waals surface area contributed by atoms with Crippen molar-refractivity contribution in [2.24, 2.45) is 10.8 Å². The third kappa shape index (κ3) is 6.49. The molecule has 134 valence electrons. The molecule has 0 aliphatic carbocycles. The number of allylic oxidation sites excluding steroid dienone is 2. The molecule has 0 atom stereocenters. The Morgan fingerprint density at radius 3 is 1.43 bits per heavy atom. The van der Waals surface area contributed by atoms with Crippen LogP contribution >= 0.6 is 0 Å². The van der Waals surface area contributed by atoms with E-state index in [4.69, 9.17) is 25.5 Å². The van der Waals surface area contributed by atoms with Gasteiger partial charge in [0.25, 0.3) is 0 Å². The number of aliphatic hydroxyl groups is 4. The molecule has 0 rings (SSSR count). The summed E-state index contributed by atoms with van der Waals surface area (Å²) >= 11 is 0. The van der Waals surface area contributed by atoms with Crippen LogP contribution in [0.4, 0.5) is 0 Å². The van der Waals surface area contributed by atoms with Gasteiger partial charge in [-0.2, -0.15) is 0 Å². The second kappa shape index (κ2) is 11.8. The van der Waals surface area contributed by atoms with Crippen LogP contribution in [0.5, 0.6) is 0 Å². The van der Waals surface area contributed by atoms with Gasteiger partial charge in [-0.3, -0.25) is 9.59 Å². The summed E-state index contributed by atoms with van der Waals surface area (Å²) in [5, 5.41) is 43.8. The fourth-order valence-electron chi connectivity index (χ4n) is 1.56. The Balaban J connectivity index is 0. The molecule has 0 fully saturated rings. The molecule has 0 saturated carbocycles. The molecule has 0 unspecified atom stereocenters. The predicted molar refractivity (Wildman–Crippen MR) is 82.5 cm³/mol. The van der Waals surface area contributed by atoms with Crippen LogP contribution in [0.25, 0.3) is 0 Å². The Kier molecular flexibility index (Phi) is 12.0. The van der Waals surface area contributed by atoms with E-state index in [2.05, 4.69) is 17.9 Å². The highest BCUT2D eigenvalue weighted by atomic mass is 16.5. The summed E-state index contributed by atoms with van der Waals surface area (Å²) in [7, 11) is 1.21. The van der Waals surface area contributed by atoms with E-state index in [-0.39, 0.29) is 12.8 Å². The topological polar surface area (TPSA) is 145 Å². The minimum atomic E-state index is -1.46. The van der Waals surface area contributed by atoms with Crippen LogP contribution in [0.3, 0.4) is 0 Å². The number of hydrogen-bond donors (Lipinski definition) is 5. The van der Waals surface area contributed by atoms with Crippen molar-refractivity contribution >= 4 is 11.9 Å².